The highest BCUT2D eigenvalue weighted by atomic mass is 35.5. The average molecular weight is 336 g/mol. The number of nitrogens with zero attached hydrogens (tertiary/aromatic N) is 2. The Labute approximate surface area is 140 Å². The summed E-state index contributed by atoms with van der Waals surface area (Å²) in [5.41, 5.74) is 0.315. The molecular formula is C17H22ClN3O2. The van der Waals surface area contributed by atoms with Gasteiger partial charge in [0, 0.05) is 11.1 Å². The first kappa shape index (κ1) is 17.5. The number of rotatable bonds is 7. The first-order valence-corrected chi connectivity index (χ1v) is 8.33. The van der Waals surface area contributed by atoms with Gasteiger partial charge in [0.25, 0.3) is 5.56 Å². The summed E-state index contributed by atoms with van der Waals surface area (Å²) < 4.78 is 1.31. The number of hydrogen-bond donors (Lipinski definition) is 1. The summed E-state index contributed by atoms with van der Waals surface area (Å²) in [6.07, 6.45) is 5.75. The van der Waals surface area contributed by atoms with Crippen LogP contribution in [0.15, 0.2) is 29.3 Å². The Kier molecular flexibility index (Phi) is 6.16. The van der Waals surface area contributed by atoms with E-state index in [1.165, 1.54) is 10.9 Å². The summed E-state index contributed by atoms with van der Waals surface area (Å²) in [7, 11) is 0. The van der Waals surface area contributed by atoms with Crippen molar-refractivity contribution >= 4 is 28.4 Å². The number of hydrogen-bond acceptors (Lipinski definition) is 3. The van der Waals surface area contributed by atoms with E-state index in [9.17, 15) is 9.59 Å². The molecule has 1 amide bonds. The Morgan fingerprint density at radius 2 is 2.17 bits per heavy atom. The second-order valence-corrected chi connectivity index (χ2v) is 6.24. The minimum Gasteiger partial charge on any atom is -0.352 e. The van der Waals surface area contributed by atoms with Gasteiger partial charge < -0.3 is 5.32 Å². The van der Waals surface area contributed by atoms with Gasteiger partial charge in [-0.25, -0.2) is 4.98 Å². The van der Waals surface area contributed by atoms with Crippen LogP contribution in [0.5, 0.6) is 0 Å². The van der Waals surface area contributed by atoms with Crippen molar-refractivity contribution in [1.29, 1.82) is 0 Å². The molecular weight excluding hydrogens is 314 g/mol. The summed E-state index contributed by atoms with van der Waals surface area (Å²) in [6.45, 7) is 4.09. The van der Waals surface area contributed by atoms with Gasteiger partial charge in [0.1, 0.15) is 6.54 Å². The maximum atomic E-state index is 12.4. The van der Waals surface area contributed by atoms with Crippen LogP contribution in [-0.2, 0) is 11.3 Å². The molecule has 1 aromatic carbocycles. The zero-order valence-electron chi connectivity index (χ0n) is 13.5. The first-order chi connectivity index (χ1) is 11.0. The van der Waals surface area contributed by atoms with Crippen LogP contribution in [0.3, 0.4) is 0 Å². The van der Waals surface area contributed by atoms with E-state index >= 15 is 0 Å². The Bertz CT molecular complexity index is 742. The Morgan fingerprint density at radius 3 is 2.91 bits per heavy atom. The van der Waals surface area contributed by atoms with Crippen LogP contribution in [0.1, 0.15) is 39.5 Å². The number of nitrogens with one attached hydrogen (secondary N) is 1. The molecule has 0 saturated heterocycles. The molecule has 0 aliphatic heterocycles. The van der Waals surface area contributed by atoms with Crippen LogP contribution < -0.4 is 10.9 Å². The van der Waals surface area contributed by atoms with Crippen LogP contribution >= 0.6 is 11.6 Å². The second kappa shape index (κ2) is 8.11. The van der Waals surface area contributed by atoms with E-state index in [0.717, 1.165) is 25.7 Å². The van der Waals surface area contributed by atoms with Gasteiger partial charge in [-0.1, -0.05) is 37.8 Å². The maximum Gasteiger partial charge on any atom is 0.261 e. The van der Waals surface area contributed by atoms with Gasteiger partial charge in [0.15, 0.2) is 0 Å². The van der Waals surface area contributed by atoms with Crippen LogP contribution in [0.2, 0.25) is 5.02 Å². The molecule has 6 heteroatoms. The molecule has 1 heterocycles. The third kappa shape index (κ3) is 4.79. The number of fused-ring (bicyclic) bond motifs is 1. The molecule has 1 atom stereocenters. The van der Waals surface area contributed by atoms with Crippen molar-refractivity contribution < 1.29 is 4.79 Å². The van der Waals surface area contributed by atoms with E-state index in [1.807, 2.05) is 6.92 Å². The fourth-order valence-corrected chi connectivity index (χ4v) is 2.66. The lowest BCUT2D eigenvalue weighted by molar-refractivity contribution is -0.122. The van der Waals surface area contributed by atoms with E-state index in [4.69, 9.17) is 11.6 Å². The SMILES string of the molecule is CCCCC[C@@H](C)NC(=O)Cn1cnc2ccc(Cl)cc2c1=O. The summed E-state index contributed by atoms with van der Waals surface area (Å²) in [4.78, 5) is 28.7. The van der Waals surface area contributed by atoms with E-state index in [2.05, 4.69) is 17.2 Å². The van der Waals surface area contributed by atoms with Crippen LogP contribution in [0.4, 0.5) is 0 Å². The molecule has 2 aromatic rings. The minimum atomic E-state index is -0.258. The normalized spacial score (nSPS) is 12.3. The molecule has 0 fully saturated rings. The predicted molar refractivity (Wildman–Crippen MR) is 92.8 cm³/mol. The molecule has 0 unspecified atom stereocenters. The Morgan fingerprint density at radius 1 is 1.39 bits per heavy atom. The summed E-state index contributed by atoms with van der Waals surface area (Å²) >= 11 is 5.92. The van der Waals surface area contributed by atoms with Crippen molar-refractivity contribution in [3.05, 3.63) is 39.9 Å². The van der Waals surface area contributed by atoms with Crippen LogP contribution in [0.25, 0.3) is 10.9 Å². The fraction of sp³-hybridized carbons (Fsp3) is 0.471. The monoisotopic (exact) mass is 335 g/mol. The number of aromatic nitrogens is 2. The van der Waals surface area contributed by atoms with Gasteiger partial charge in [-0.15, -0.1) is 0 Å². The van der Waals surface area contributed by atoms with E-state index < -0.39 is 0 Å². The van der Waals surface area contributed by atoms with Crippen LogP contribution in [0, 0.1) is 0 Å². The molecule has 0 bridgehead atoms. The van der Waals surface area contributed by atoms with Gasteiger partial charge in [0.2, 0.25) is 5.91 Å². The smallest absolute Gasteiger partial charge is 0.261 e. The quantitative estimate of drug-likeness (QED) is 0.791. The zero-order valence-corrected chi connectivity index (χ0v) is 14.3. The highest BCUT2D eigenvalue weighted by molar-refractivity contribution is 6.31. The molecule has 0 radical (unpaired) electrons. The van der Waals surface area contributed by atoms with E-state index in [1.54, 1.807) is 18.2 Å². The molecule has 23 heavy (non-hydrogen) atoms. The van der Waals surface area contributed by atoms with Crippen LogP contribution in [-0.4, -0.2) is 21.5 Å². The van der Waals surface area contributed by atoms with Crippen molar-refractivity contribution in [2.75, 3.05) is 0 Å². The predicted octanol–water partition coefficient (Wildman–Crippen LogP) is 3.13. The van der Waals surface area contributed by atoms with Crippen molar-refractivity contribution in [3.63, 3.8) is 0 Å². The highest BCUT2D eigenvalue weighted by Gasteiger charge is 2.11. The Balaban J connectivity index is 2.05. The molecule has 124 valence electrons. The largest absolute Gasteiger partial charge is 0.352 e. The van der Waals surface area contributed by atoms with Crippen molar-refractivity contribution in [2.24, 2.45) is 0 Å². The van der Waals surface area contributed by atoms with Gasteiger partial charge in [0.05, 0.1) is 17.2 Å². The van der Waals surface area contributed by atoms with Crippen molar-refractivity contribution in [3.8, 4) is 0 Å². The van der Waals surface area contributed by atoms with Gasteiger partial charge in [-0.3, -0.25) is 14.2 Å². The van der Waals surface area contributed by atoms with Gasteiger partial charge in [-0.2, -0.15) is 0 Å². The molecule has 2 rings (SSSR count). The highest BCUT2D eigenvalue weighted by Crippen LogP contribution is 2.14. The summed E-state index contributed by atoms with van der Waals surface area (Å²) in [5, 5.41) is 3.82. The number of unbranched alkanes of at least 4 members (excludes halogenated alkanes) is 2. The molecule has 0 aliphatic carbocycles. The summed E-state index contributed by atoms with van der Waals surface area (Å²) in [5.74, 6) is -0.181. The van der Waals surface area contributed by atoms with Crippen molar-refractivity contribution in [2.45, 2.75) is 52.1 Å². The lowest BCUT2D eigenvalue weighted by Crippen LogP contribution is -2.37. The third-order valence-corrected chi connectivity index (χ3v) is 3.98. The van der Waals surface area contributed by atoms with Gasteiger partial charge in [-0.05, 0) is 31.5 Å². The van der Waals surface area contributed by atoms with Crippen molar-refractivity contribution in [1.82, 2.24) is 14.9 Å². The number of carbonyl (C=O) groups is 1. The summed E-state index contributed by atoms with van der Waals surface area (Å²) in [6, 6.07) is 5.06. The standard InChI is InChI=1S/C17H22ClN3O2/c1-3-4-5-6-12(2)20-16(22)10-21-11-19-15-8-7-13(18)9-14(15)17(21)23/h7-9,11-12H,3-6,10H2,1-2H3,(H,20,22)/t12-/m1/s1. The first-order valence-electron chi connectivity index (χ1n) is 7.95. The fourth-order valence-electron chi connectivity index (χ4n) is 2.49. The minimum absolute atomic E-state index is 0.0353. The second-order valence-electron chi connectivity index (χ2n) is 5.80. The third-order valence-electron chi connectivity index (χ3n) is 3.75. The topological polar surface area (TPSA) is 64.0 Å². The number of amides is 1. The lowest BCUT2D eigenvalue weighted by atomic mass is 10.1. The number of carbonyl (C=O) groups excluding carboxylic acids is 1. The average Bonchev–Trinajstić information content (AvgIpc) is 2.51. The number of benzene rings is 1. The number of halogens is 1. The van der Waals surface area contributed by atoms with Gasteiger partial charge >= 0.3 is 0 Å². The molecule has 5 nitrogen and oxygen atoms in total. The lowest BCUT2D eigenvalue weighted by Gasteiger charge is -2.14. The molecule has 0 aliphatic rings. The molecule has 1 N–H and O–H groups in total. The molecule has 0 spiro atoms. The van der Waals surface area contributed by atoms with E-state index in [0.29, 0.717) is 15.9 Å². The maximum absolute atomic E-state index is 12.4. The van der Waals surface area contributed by atoms with E-state index in [-0.39, 0.29) is 24.1 Å². The molecule has 1 aromatic heterocycles. The zero-order chi connectivity index (χ0) is 16.8. The Hall–Kier alpha value is -1.88. The molecule has 0 saturated carbocycles.